The molecule has 0 aromatic heterocycles. The normalized spacial score (nSPS) is 14.4. The zero-order valence-electron chi connectivity index (χ0n) is 19.3. The fourth-order valence-electron chi connectivity index (χ4n) is 3.27. The number of nitrogens with zero attached hydrogens (tertiary/aromatic N) is 3. The summed E-state index contributed by atoms with van der Waals surface area (Å²) in [5.74, 6) is 0. The maximum atomic E-state index is 11.4. The van der Waals surface area contributed by atoms with Crippen LogP contribution in [0.5, 0.6) is 0 Å². The zero-order valence-corrected chi connectivity index (χ0v) is 23.8. The predicted molar refractivity (Wildman–Crippen MR) is 128 cm³/mol. The highest BCUT2D eigenvalue weighted by atomic mass is 31.2. The van der Waals surface area contributed by atoms with E-state index in [1.165, 1.54) is 4.90 Å². The lowest BCUT2D eigenvalue weighted by atomic mass is 10.2. The molecule has 0 aliphatic heterocycles. The topological polar surface area (TPSA) is 297 Å². The predicted octanol–water partition coefficient (Wildman–Crippen LogP) is -0.871. The molecule has 0 aromatic rings. The Morgan fingerprint density at radius 2 is 0.500 bits per heavy atom. The first-order valence-electron chi connectivity index (χ1n) is 10.3. The van der Waals surface area contributed by atoms with Crippen molar-refractivity contribution in [2.75, 3.05) is 57.6 Å². The van der Waals surface area contributed by atoms with E-state index in [0.717, 1.165) is 9.80 Å². The molecule has 0 aromatic carbocycles. The van der Waals surface area contributed by atoms with Crippen LogP contribution in [0.3, 0.4) is 0 Å². The lowest BCUT2D eigenvalue weighted by molar-refractivity contribution is 0.241. The van der Waals surface area contributed by atoms with Gasteiger partial charge < -0.3 is 48.9 Å². The van der Waals surface area contributed by atoms with E-state index in [-0.39, 0.29) is 51.9 Å². The second-order valence-corrected chi connectivity index (χ2v) is 16.4. The van der Waals surface area contributed by atoms with Gasteiger partial charge in [0.15, 0.2) is 0 Å². The van der Waals surface area contributed by atoms with Crippen LogP contribution in [0, 0.1) is 0 Å². The quantitative estimate of drug-likeness (QED) is 0.0578. The fourth-order valence-corrected chi connectivity index (χ4v) is 7.44. The van der Waals surface area contributed by atoms with Crippen molar-refractivity contribution in [3.63, 3.8) is 0 Å². The molecule has 218 valence electrons. The molecular weight excluding hydrogens is 593 g/mol. The molecule has 0 fully saturated rings. The Morgan fingerprint density at radius 1 is 0.333 bits per heavy atom. The van der Waals surface area contributed by atoms with Gasteiger partial charge in [-0.15, -0.1) is 0 Å². The maximum absolute atomic E-state index is 11.4. The minimum Gasteiger partial charge on any atom is -0.324 e. The Bertz CT molecular complexity index is 784. The summed E-state index contributed by atoms with van der Waals surface area (Å²) < 4.78 is 56.2. The maximum Gasteiger partial charge on any atom is 0.339 e. The van der Waals surface area contributed by atoms with E-state index >= 15 is 0 Å². The lowest BCUT2D eigenvalue weighted by Gasteiger charge is -2.26. The Hall–Kier alpha value is 0.630. The first-order valence-corrected chi connectivity index (χ1v) is 19.3. The van der Waals surface area contributed by atoms with Gasteiger partial charge in [0, 0.05) is 0 Å². The van der Waals surface area contributed by atoms with E-state index in [1.807, 2.05) is 0 Å². The van der Waals surface area contributed by atoms with Crippen LogP contribution in [0.25, 0.3) is 0 Å². The molecule has 0 rings (SSSR count). The largest absolute Gasteiger partial charge is 0.339 e. The second kappa shape index (κ2) is 15.4. The van der Waals surface area contributed by atoms with Crippen LogP contribution in [-0.2, 0) is 22.8 Å². The van der Waals surface area contributed by atoms with Crippen LogP contribution in [-0.4, -0.2) is 121 Å². The third kappa shape index (κ3) is 24.9. The summed E-state index contributed by atoms with van der Waals surface area (Å²) in [6.07, 6.45) is -3.23. The zero-order chi connectivity index (χ0) is 28.4. The highest BCUT2D eigenvalue weighted by molar-refractivity contribution is 7.53. The molecule has 0 bridgehead atoms. The van der Waals surface area contributed by atoms with Crippen LogP contribution >= 0.6 is 38.0 Å². The van der Waals surface area contributed by atoms with Gasteiger partial charge in [0.2, 0.25) is 0 Å². The van der Waals surface area contributed by atoms with Crippen molar-refractivity contribution >= 4 is 38.0 Å². The first kappa shape index (κ1) is 36.6. The second-order valence-electron chi connectivity index (χ2n) is 8.35. The molecule has 23 heteroatoms. The van der Waals surface area contributed by atoms with Gasteiger partial charge in [0.05, 0.1) is 0 Å². The molecule has 0 radical (unpaired) electrons. The van der Waals surface area contributed by atoms with Crippen molar-refractivity contribution in [1.82, 2.24) is 14.7 Å². The number of hydrogen-bond acceptors (Lipinski definition) is 8. The molecule has 0 atom stereocenters. The van der Waals surface area contributed by atoms with Crippen LogP contribution in [0.15, 0.2) is 0 Å². The van der Waals surface area contributed by atoms with Crippen LogP contribution in [0.2, 0.25) is 0 Å². The number of rotatable bonds is 20. The van der Waals surface area contributed by atoms with Gasteiger partial charge in [-0.05, 0) is 51.9 Å². The fraction of sp³-hybridized carbons (Fsp3) is 1.00. The molecular formula is C13H36N3O15P5. The minimum absolute atomic E-state index is 0.0975. The van der Waals surface area contributed by atoms with Crippen LogP contribution in [0.1, 0.15) is 25.7 Å². The van der Waals surface area contributed by atoms with Crippen molar-refractivity contribution in [3.8, 4) is 0 Å². The first-order chi connectivity index (χ1) is 15.9. The molecule has 0 spiro atoms. The highest BCUT2D eigenvalue weighted by Crippen LogP contribution is 2.42. The Balaban J connectivity index is 4.87. The third-order valence-electron chi connectivity index (χ3n) is 4.32. The highest BCUT2D eigenvalue weighted by Gasteiger charge is 2.27. The Labute approximate surface area is 208 Å². The van der Waals surface area contributed by atoms with E-state index in [1.54, 1.807) is 0 Å². The molecule has 0 heterocycles. The summed E-state index contributed by atoms with van der Waals surface area (Å²) in [5, 5.41) is 0. The van der Waals surface area contributed by atoms with E-state index in [9.17, 15) is 32.6 Å². The van der Waals surface area contributed by atoms with Gasteiger partial charge in [-0.2, -0.15) is 0 Å². The Kier molecular flexibility index (Phi) is 15.7. The van der Waals surface area contributed by atoms with Gasteiger partial charge >= 0.3 is 38.0 Å². The van der Waals surface area contributed by atoms with Crippen LogP contribution < -0.4 is 0 Å². The smallest absolute Gasteiger partial charge is 0.324 e. The molecule has 0 aliphatic carbocycles. The minimum atomic E-state index is -4.59. The van der Waals surface area contributed by atoms with Gasteiger partial charge in [-0.3, -0.25) is 37.5 Å². The van der Waals surface area contributed by atoms with Gasteiger partial charge in [-0.25, -0.2) is 0 Å². The van der Waals surface area contributed by atoms with E-state index < -0.39 is 69.4 Å². The summed E-state index contributed by atoms with van der Waals surface area (Å²) in [6.45, 7) is 0.0261. The average Bonchev–Trinajstić information content (AvgIpc) is 2.55. The molecule has 18 nitrogen and oxygen atoms in total. The van der Waals surface area contributed by atoms with Gasteiger partial charge in [-0.1, -0.05) is 0 Å². The monoisotopic (exact) mass is 629 g/mol. The third-order valence-corrected chi connectivity index (χ3v) is 8.16. The summed E-state index contributed by atoms with van der Waals surface area (Å²) in [6, 6.07) is 0. The van der Waals surface area contributed by atoms with Crippen molar-refractivity contribution < 1.29 is 71.8 Å². The SMILES string of the molecule is O=P(O)(O)CN(CCCCN(CP(=O)(O)O)CP(=O)(O)O)CCCCN(CP(=O)(O)O)CP(=O)(O)O. The summed E-state index contributed by atoms with van der Waals surface area (Å²) in [5.41, 5.74) is 0. The molecule has 0 unspecified atom stereocenters. The standard InChI is InChI=1S/C13H36N3O15P5/c17-32(18,19)9-14(5-1-3-7-15(10-33(20,21)22)11-34(23,24)25)6-2-4-8-16(12-35(26,27)28)13-36(29,30)31/h1-13H2,(H2,17,18,19)(H2,20,21,22)(H2,23,24,25)(H2,26,27,28)(H2,29,30,31). The van der Waals surface area contributed by atoms with E-state index in [0.29, 0.717) is 0 Å². The molecule has 0 amide bonds. The van der Waals surface area contributed by atoms with Crippen LogP contribution in [0.4, 0.5) is 0 Å². The van der Waals surface area contributed by atoms with Crippen molar-refractivity contribution in [2.45, 2.75) is 25.7 Å². The number of unbranched alkanes of at least 4 members (excludes halogenated alkanes) is 2. The lowest BCUT2D eigenvalue weighted by Crippen LogP contribution is -2.31. The van der Waals surface area contributed by atoms with Gasteiger partial charge in [0.25, 0.3) is 0 Å². The van der Waals surface area contributed by atoms with E-state index in [2.05, 4.69) is 0 Å². The summed E-state index contributed by atoms with van der Waals surface area (Å²) >= 11 is 0. The molecule has 10 N–H and O–H groups in total. The Morgan fingerprint density at radius 3 is 0.694 bits per heavy atom. The van der Waals surface area contributed by atoms with Crippen molar-refractivity contribution in [3.05, 3.63) is 0 Å². The average molecular weight is 629 g/mol. The summed E-state index contributed by atoms with van der Waals surface area (Å²) in [7, 11) is -22.8. The summed E-state index contributed by atoms with van der Waals surface area (Å²) in [4.78, 5) is 94.4. The van der Waals surface area contributed by atoms with Crippen molar-refractivity contribution in [1.29, 1.82) is 0 Å². The molecule has 0 aliphatic rings. The molecule has 0 saturated heterocycles. The molecule has 0 saturated carbocycles. The van der Waals surface area contributed by atoms with E-state index in [4.69, 9.17) is 39.1 Å². The van der Waals surface area contributed by atoms with Gasteiger partial charge in [0.1, 0.15) is 31.4 Å². The van der Waals surface area contributed by atoms with Crippen molar-refractivity contribution in [2.24, 2.45) is 0 Å². The molecule has 36 heavy (non-hydrogen) atoms. The number of hydrogen-bond donors (Lipinski definition) is 10.